The van der Waals surface area contributed by atoms with Crippen molar-refractivity contribution in [2.45, 2.75) is 45.8 Å². The Balaban J connectivity index is 2.27. The highest BCUT2D eigenvalue weighted by molar-refractivity contribution is 5.96. The summed E-state index contributed by atoms with van der Waals surface area (Å²) in [4.78, 5) is 11.9. The van der Waals surface area contributed by atoms with Crippen LogP contribution in [0.25, 0.3) is 0 Å². The second-order valence-electron chi connectivity index (χ2n) is 5.03. The van der Waals surface area contributed by atoms with Crippen LogP contribution in [0.2, 0.25) is 0 Å². The molecule has 0 saturated heterocycles. The fourth-order valence-electron chi connectivity index (χ4n) is 2.22. The van der Waals surface area contributed by atoms with E-state index >= 15 is 0 Å². The molecule has 0 aliphatic carbocycles. The van der Waals surface area contributed by atoms with Crippen LogP contribution in [0.4, 0.5) is 5.69 Å². The second kappa shape index (κ2) is 6.13. The van der Waals surface area contributed by atoms with Gasteiger partial charge in [0.15, 0.2) is 0 Å². The average Bonchev–Trinajstić information content (AvgIpc) is 2.77. The number of hydrogen-bond acceptors (Lipinski definition) is 4. The summed E-state index contributed by atoms with van der Waals surface area (Å²) in [6.07, 6.45) is 1.61. The molecule has 1 aromatic carbocycles. The van der Waals surface area contributed by atoms with Crippen molar-refractivity contribution in [3.8, 4) is 11.5 Å². The number of carbonyl (C=O) groups is 1. The number of carbonyl (C=O) groups excluding carboxylic acids is 1. The molecule has 20 heavy (non-hydrogen) atoms. The lowest BCUT2D eigenvalue weighted by Crippen LogP contribution is -2.34. The first-order chi connectivity index (χ1) is 9.55. The van der Waals surface area contributed by atoms with Crippen LogP contribution in [0.3, 0.4) is 0 Å². The molecule has 0 bridgehead atoms. The van der Waals surface area contributed by atoms with E-state index < -0.39 is 6.04 Å². The highest BCUT2D eigenvalue weighted by Gasteiger charge is 2.23. The molecule has 1 aromatic rings. The number of anilines is 1. The van der Waals surface area contributed by atoms with E-state index in [1.807, 2.05) is 32.9 Å². The van der Waals surface area contributed by atoms with Crippen molar-refractivity contribution in [2.24, 2.45) is 5.73 Å². The standard InChI is InChI=1S/C15H22N2O3/c1-4-11(16)15(18)17-12-8-13-10(6-9(3)20-13)7-14(12)19-5-2/h7-9,11H,4-6,16H2,1-3H3,(H,17,18)/t9?,11-/m1/s1. The van der Waals surface area contributed by atoms with Gasteiger partial charge in [0.2, 0.25) is 5.91 Å². The summed E-state index contributed by atoms with van der Waals surface area (Å²) < 4.78 is 11.3. The third kappa shape index (κ3) is 3.04. The number of ether oxygens (including phenoxy) is 2. The average molecular weight is 278 g/mol. The summed E-state index contributed by atoms with van der Waals surface area (Å²) in [5.41, 5.74) is 7.47. The number of rotatable bonds is 5. The van der Waals surface area contributed by atoms with E-state index in [1.54, 1.807) is 0 Å². The molecule has 5 heteroatoms. The Bertz CT molecular complexity index is 502. The van der Waals surface area contributed by atoms with Crippen LogP contribution in [-0.4, -0.2) is 24.7 Å². The van der Waals surface area contributed by atoms with Crippen LogP contribution in [0.1, 0.15) is 32.8 Å². The van der Waals surface area contributed by atoms with E-state index in [9.17, 15) is 4.79 Å². The minimum absolute atomic E-state index is 0.156. The van der Waals surface area contributed by atoms with Gasteiger partial charge in [0.25, 0.3) is 0 Å². The van der Waals surface area contributed by atoms with Crippen LogP contribution in [0.15, 0.2) is 12.1 Å². The highest BCUT2D eigenvalue weighted by Crippen LogP contribution is 2.38. The van der Waals surface area contributed by atoms with Gasteiger partial charge in [-0.2, -0.15) is 0 Å². The third-order valence-corrected chi connectivity index (χ3v) is 3.33. The largest absolute Gasteiger partial charge is 0.492 e. The Morgan fingerprint density at radius 1 is 1.55 bits per heavy atom. The molecule has 0 aromatic heterocycles. The molecule has 110 valence electrons. The summed E-state index contributed by atoms with van der Waals surface area (Å²) in [5, 5.41) is 2.82. The molecule has 1 aliphatic rings. The van der Waals surface area contributed by atoms with Crippen molar-refractivity contribution in [3.05, 3.63) is 17.7 Å². The first-order valence-corrected chi connectivity index (χ1v) is 7.08. The topological polar surface area (TPSA) is 73.6 Å². The summed E-state index contributed by atoms with van der Waals surface area (Å²) in [7, 11) is 0. The van der Waals surface area contributed by atoms with Crippen molar-refractivity contribution >= 4 is 11.6 Å². The summed E-state index contributed by atoms with van der Waals surface area (Å²) in [6, 6.07) is 3.25. The van der Waals surface area contributed by atoms with Gasteiger partial charge in [0.1, 0.15) is 17.6 Å². The maximum Gasteiger partial charge on any atom is 0.241 e. The Morgan fingerprint density at radius 2 is 2.30 bits per heavy atom. The van der Waals surface area contributed by atoms with Gasteiger partial charge in [-0.1, -0.05) is 6.92 Å². The lowest BCUT2D eigenvalue weighted by Gasteiger charge is -2.15. The molecule has 0 fully saturated rings. The molecule has 2 rings (SSSR count). The number of fused-ring (bicyclic) bond motifs is 1. The molecule has 0 radical (unpaired) electrons. The van der Waals surface area contributed by atoms with E-state index in [2.05, 4.69) is 5.32 Å². The summed E-state index contributed by atoms with van der Waals surface area (Å²) in [6.45, 7) is 6.35. The van der Waals surface area contributed by atoms with Crippen molar-refractivity contribution in [1.29, 1.82) is 0 Å². The third-order valence-electron chi connectivity index (χ3n) is 3.33. The Morgan fingerprint density at radius 3 is 2.95 bits per heavy atom. The Hall–Kier alpha value is -1.75. The van der Waals surface area contributed by atoms with E-state index in [0.717, 1.165) is 17.7 Å². The minimum atomic E-state index is -0.516. The zero-order valence-corrected chi connectivity index (χ0v) is 12.2. The van der Waals surface area contributed by atoms with Gasteiger partial charge >= 0.3 is 0 Å². The SMILES string of the molecule is CCOc1cc2c(cc1NC(=O)[C@H](N)CC)OC(C)C2. The molecule has 1 amide bonds. The zero-order chi connectivity index (χ0) is 14.7. The first kappa shape index (κ1) is 14.7. The predicted octanol–water partition coefficient (Wildman–Crippen LogP) is 2.08. The van der Waals surface area contributed by atoms with E-state index in [4.69, 9.17) is 15.2 Å². The molecular weight excluding hydrogens is 256 g/mol. The first-order valence-electron chi connectivity index (χ1n) is 7.08. The summed E-state index contributed by atoms with van der Waals surface area (Å²) >= 11 is 0. The smallest absolute Gasteiger partial charge is 0.241 e. The molecule has 5 nitrogen and oxygen atoms in total. The zero-order valence-electron chi connectivity index (χ0n) is 12.2. The van der Waals surface area contributed by atoms with Crippen LogP contribution >= 0.6 is 0 Å². The van der Waals surface area contributed by atoms with Crippen LogP contribution < -0.4 is 20.5 Å². The van der Waals surface area contributed by atoms with Gasteiger partial charge in [-0.15, -0.1) is 0 Å². The van der Waals surface area contributed by atoms with Crippen LogP contribution in [-0.2, 0) is 11.2 Å². The maximum atomic E-state index is 11.9. The van der Waals surface area contributed by atoms with E-state index in [0.29, 0.717) is 24.5 Å². The van der Waals surface area contributed by atoms with Crippen LogP contribution in [0.5, 0.6) is 11.5 Å². The van der Waals surface area contributed by atoms with Gasteiger partial charge in [-0.05, 0) is 26.3 Å². The fraction of sp³-hybridized carbons (Fsp3) is 0.533. The van der Waals surface area contributed by atoms with Gasteiger partial charge in [-0.25, -0.2) is 0 Å². The number of hydrogen-bond donors (Lipinski definition) is 2. The molecule has 1 heterocycles. The van der Waals surface area contributed by atoms with Crippen molar-refractivity contribution in [1.82, 2.24) is 0 Å². The van der Waals surface area contributed by atoms with Crippen molar-refractivity contribution in [2.75, 3.05) is 11.9 Å². The Kier molecular flexibility index (Phi) is 4.49. The molecule has 3 N–H and O–H groups in total. The van der Waals surface area contributed by atoms with Crippen molar-refractivity contribution in [3.63, 3.8) is 0 Å². The van der Waals surface area contributed by atoms with Gasteiger partial charge in [0.05, 0.1) is 18.3 Å². The molecule has 0 spiro atoms. The number of nitrogens with two attached hydrogens (primary N) is 1. The summed E-state index contributed by atoms with van der Waals surface area (Å²) in [5.74, 6) is 1.27. The molecular formula is C15H22N2O3. The molecule has 1 unspecified atom stereocenters. The van der Waals surface area contributed by atoms with Crippen molar-refractivity contribution < 1.29 is 14.3 Å². The molecule has 2 atom stereocenters. The fourth-order valence-corrected chi connectivity index (χ4v) is 2.22. The van der Waals surface area contributed by atoms with Gasteiger partial charge < -0.3 is 20.5 Å². The minimum Gasteiger partial charge on any atom is -0.492 e. The van der Waals surface area contributed by atoms with E-state index in [-0.39, 0.29) is 12.0 Å². The lowest BCUT2D eigenvalue weighted by atomic mass is 10.1. The molecule has 1 aliphatic heterocycles. The number of benzene rings is 1. The lowest BCUT2D eigenvalue weighted by molar-refractivity contribution is -0.117. The van der Waals surface area contributed by atoms with Crippen LogP contribution in [0, 0.1) is 0 Å². The van der Waals surface area contributed by atoms with E-state index in [1.165, 1.54) is 0 Å². The predicted molar refractivity (Wildman–Crippen MR) is 78.3 cm³/mol. The number of nitrogens with one attached hydrogen (secondary N) is 1. The normalized spacial score (nSPS) is 18.1. The quantitative estimate of drug-likeness (QED) is 0.865. The van der Waals surface area contributed by atoms with Gasteiger partial charge in [-0.3, -0.25) is 4.79 Å². The second-order valence-corrected chi connectivity index (χ2v) is 5.03. The Labute approximate surface area is 119 Å². The monoisotopic (exact) mass is 278 g/mol. The highest BCUT2D eigenvalue weighted by atomic mass is 16.5. The number of amides is 1. The van der Waals surface area contributed by atoms with Gasteiger partial charge in [0, 0.05) is 18.1 Å². The molecule has 0 saturated carbocycles. The maximum absolute atomic E-state index is 11.9.